The maximum absolute atomic E-state index is 12.3. The van der Waals surface area contributed by atoms with Crippen LogP contribution in [0, 0.1) is 0 Å². The predicted molar refractivity (Wildman–Crippen MR) is 83.5 cm³/mol. The number of nitrogens with one attached hydrogen (secondary N) is 1. The fraction of sp³-hybridized carbons (Fsp3) is 0.0588. The molecule has 0 atom stereocenters. The van der Waals surface area contributed by atoms with E-state index in [0.29, 0.717) is 22.3 Å². The van der Waals surface area contributed by atoms with Gasteiger partial charge in [-0.25, -0.2) is 4.79 Å². The summed E-state index contributed by atoms with van der Waals surface area (Å²) in [5.74, 6) is -0.422. The molecular weight excluding hydrogens is 282 g/mol. The number of benzene rings is 2. The van der Waals surface area contributed by atoms with Crippen LogP contribution in [0.5, 0.6) is 5.75 Å². The Hall–Kier alpha value is -3.08. The zero-order valence-corrected chi connectivity index (χ0v) is 11.8. The van der Waals surface area contributed by atoms with Gasteiger partial charge in [0.05, 0.1) is 18.2 Å². The summed E-state index contributed by atoms with van der Waals surface area (Å²) in [7, 11) is 1.56. The van der Waals surface area contributed by atoms with Crippen LogP contribution in [0.15, 0.2) is 53.3 Å². The topological polar surface area (TPSA) is 79.4 Å². The fourth-order valence-electron chi connectivity index (χ4n) is 2.40. The van der Waals surface area contributed by atoms with Gasteiger partial charge in [-0.05, 0) is 24.3 Å². The normalized spacial score (nSPS) is 10.6. The molecule has 0 aliphatic carbocycles. The summed E-state index contributed by atoms with van der Waals surface area (Å²) in [6, 6.07) is 13.3. The van der Waals surface area contributed by atoms with Crippen LogP contribution in [0.2, 0.25) is 0 Å². The zero-order valence-electron chi connectivity index (χ0n) is 11.8. The molecule has 1 aromatic heterocycles. The molecule has 5 nitrogen and oxygen atoms in total. The second-order valence-electron chi connectivity index (χ2n) is 4.81. The van der Waals surface area contributed by atoms with Gasteiger partial charge in [-0.1, -0.05) is 18.2 Å². The van der Waals surface area contributed by atoms with Gasteiger partial charge in [-0.3, -0.25) is 4.79 Å². The van der Waals surface area contributed by atoms with Crippen molar-refractivity contribution in [3.8, 4) is 17.0 Å². The number of methoxy groups -OCH3 is 1. The second-order valence-corrected chi connectivity index (χ2v) is 4.81. The van der Waals surface area contributed by atoms with Gasteiger partial charge in [0.25, 0.3) is 0 Å². The summed E-state index contributed by atoms with van der Waals surface area (Å²) >= 11 is 0. The predicted octanol–water partition coefficient (Wildman–Crippen LogP) is 2.90. The maximum atomic E-state index is 12.3. The zero-order chi connectivity index (χ0) is 15.7. The molecule has 2 N–H and O–H groups in total. The van der Waals surface area contributed by atoms with E-state index in [1.807, 2.05) is 6.07 Å². The Balaban J connectivity index is 2.30. The Morgan fingerprint density at radius 2 is 1.91 bits per heavy atom. The van der Waals surface area contributed by atoms with Gasteiger partial charge >= 0.3 is 5.97 Å². The van der Waals surface area contributed by atoms with Crippen LogP contribution in [0.25, 0.3) is 22.2 Å². The first-order valence-corrected chi connectivity index (χ1v) is 6.64. The third-order valence-corrected chi connectivity index (χ3v) is 3.48. The number of rotatable bonds is 3. The van der Waals surface area contributed by atoms with Crippen LogP contribution in [0.3, 0.4) is 0 Å². The summed E-state index contributed by atoms with van der Waals surface area (Å²) in [5, 5.41) is 9.63. The van der Waals surface area contributed by atoms with Crippen molar-refractivity contribution in [2.45, 2.75) is 0 Å². The number of aromatic carboxylic acids is 1. The molecule has 1 heterocycles. The first kappa shape index (κ1) is 13.9. The molecule has 2 aromatic carbocycles. The Labute approximate surface area is 125 Å². The minimum atomic E-state index is -1.08. The van der Waals surface area contributed by atoms with Crippen LogP contribution >= 0.6 is 0 Å². The average Bonchev–Trinajstić information content (AvgIpc) is 2.54. The molecule has 0 bridgehead atoms. The molecule has 3 aromatic rings. The largest absolute Gasteiger partial charge is 0.497 e. The van der Waals surface area contributed by atoms with Crippen LogP contribution in [0.1, 0.15) is 10.4 Å². The lowest BCUT2D eigenvalue weighted by atomic mass is 10.1. The number of aromatic nitrogens is 1. The van der Waals surface area contributed by atoms with Crippen molar-refractivity contribution in [1.82, 2.24) is 4.98 Å². The van der Waals surface area contributed by atoms with Crippen LogP contribution in [0.4, 0.5) is 0 Å². The first-order valence-electron chi connectivity index (χ1n) is 6.64. The van der Waals surface area contributed by atoms with Gasteiger partial charge in [0.2, 0.25) is 0 Å². The Bertz CT molecular complexity index is 927. The molecule has 0 aliphatic rings. The molecule has 0 spiro atoms. The van der Waals surface area contributed by atoms with Crippen molar-refractivity contribution >= 4 is 16.9 Å². The highest BCUT2D eigenvalue weighted by Crippen LogP contribution is 2.24. The van der Waals surface area contributed by atoms with Gasteiger partial charge in [-0.15, -0.1) is 0 Å². The van der Waals surface area contributed by atoms with Gasteiger partial charge in [0.15, 0.2) is 5.43 Å². The molecule has 5 heteroatoms. The Kier molecular flexibility index (Phi) is 3.39. The van der Waals surface area contributed by atoms with Crippen molar-refractivity contribution in [3.63, 3.8) is 0 Å². The van der Waals surface area contributed by atoms with Crippen LogP contribution < -0.4 is 10.2 Å². The SMILES string of the molecule is COc1cccc(-c2cc(=O)c3cccc(C(=O)O)c3[nH]2)c1. The smallest absolute Gasteiger partial charge is 0.337 e. The van der Waals surface area contributed by atoms with E-state index in [2.05, 4.69) is 4.98 Å². The third kappa shape index (κ3) is 2.33. The summed E-state index contributed by atoms with van der Waals surface area (Å²) in [6.45, 7) is 0. The summed E-state index contributed by atoms with van der Waals surface area (Å²) < 4.78 is 5.17. The van der Waals surface area contributed by atoms with Gasteiger partial charge in [-0.2, -0.15) is 0 Å². The third-order valence-electron chi connectivity index (χ3n) is 3.48. The van der Waals surface area contributed by atoms with E-state index in [1.165, 1.54) is 12.1 Å². The lowest BCUT2D eigenvalue weighted by molar-refractivity contribution is 0.0699. The molecule has 22 heavy (non-hydrogen) atoms. The van der Waals surface area contributed by atoms with Crippen LogP contribution in [-0.2, 0) is 0 Å². The molecule has 110 valence electrons. The fourth-order valence-corrected chi connectivity index (χ4v) is 2.40. The number of pyridine rings is 1. The first-order chi connectivity index (χ1) is 10.6. The highest BCUT2D eigenvalue weighted by molar-refractivity contribution is 6.02. The number of ether oxygens (including phenoxy) is 1. The number of carboxylic acids is 1. The summed E-state index contributed by atoms with van der Waals surface area (Å²) in [6.07, 6.45) is 0. The van der Waals surface area contributed by atoms with Crippen molar-refractivity contribution in [3.05, 3.63) is 64.3 Å². The van der Waals surface area contributed by atoms with E-state index in [0.717, 1.165) is 5.56 Å². The molecule has 0 aliphatic heterocycles. The quantitative estimate of drug-likeness (QED) is 0.778. The second kappa shape index (κ2) is 5.37. The van der Waals surface area contributed by atoms with E-state index < -0.39 is 5.97 Å². The average molecular weight is 295 g/mol. The number of carboxylic acid groups (broad SMARTS) is 1. The van der Waals surface area contributed by atoms with E-state index in [-0.39, 0.29) is 11.0 Å². The number of carbonyl (C=O) groups is 1. The number of hydrogen-bond donors (Lipinski definition) is 2. The van der Waals surface area contributed by atoms with Crippen molar-refractivity contribution < 1.29 is 14.6 Å². The number of para-hydroxylation sites is 1. The molecule has 0 saturated heterocycles. The number of fused-ring (bicyclic) bond motifs is 1. The molecule has 0 saturated carbocycles. The lowest BCUT2D eigenvalue weighted by Crippen LogP contribution is -2.07. The number of H-pyrrole nitrogens is 1. The molecular formula is C17H13NO4. The van der Waals surface area contributed by atoms with Gasteiger partial charge in [0, 0.05) is 22.7 Å². The molecule has 0 fully saturated rings. The van der Waals surface area contributed by atoms with E-state index in [1.54, 1.807) is 37.4 Å². The van der Waals surface area contributed by atoms with E-state index >= 15 is 0 Å². The number of aromatic amines is 1. The highest BCUT2D eigenvalue weighted by Gasteiger charge is 2.12. The summed E-state index contributed by atoms with van der Waals surface area (Å²) in [4.78, 5) is 26.6. The van der Waals surface area contributed by atoms with Crippen LogP contribution in [-0.4, -0.2) is 23.2 Å². The van der Waals surface area contributed by atoms with Crippen molar-refractivity contribution in [1.29, 1.82) is 0 Å². The molecule has 0 amide bonds. The van der Waals surface area contributed by atoms with Crippen molar-refractivity contribution in [2.24, 2.45) is 0 Å². The highest BCUT2D eigenvalue weighted by atomic mass is 16.5. The minimum Gasteiger partial charge on any atom is -0.497 e. The Morgan fingerprint density at radius 1 is 1.14 bits per heavy atom. The standard InChI is InChI=1S/C17H13NO4/c1-22-11-5-2-4-10(8-11)14-9-15(19)12-6-3-7-13(17(20)21)16(12)18-14/h2-9H,1H3,(H,18,19)(H,20,21). The van der Waals surface area contributed by atoms with Crippen molar-refractivity contribution in [2.75, 3.05) is 7.11 Å². The molecule has 0 unspecified atom stereocenters. The molecule has 3 rings (SSSR count). The van der Waals surface area contributed by atoms with Gasteiger partial charge < -0.3 is 14.8 Å². The van der Waals surface area contributed by atoms with Gasteiger partial charge in [0.1, 0.15) is 5.75 Å². The van der Waals surface area contributed by atoms with E-state index in [9.17, 15) is 14.7 Å². The summed E-state index contributed by atoms with van der Waals surface area (Å²) in [5.41, 5.74) is 1.46. The maximum Gasteiger partial charge on any atom is 0.337 e. The Morgan fingerprint density at radius 3 is 2.64 bits per heavy atom. The van der Waals surface area contributed by atoms with E-state index in [4.69, 9.17) is 4.74 Å². The lowest BCUT2D eigenvalue weighted by Gasteiger charge is -2.08. The number of hydrogen-bond acceptors (Lipinski definition) is 3. The molecule has 0 radical (unpaired) electrons. The monoisotopic (exact) mass is 295 g/mol. The minimum absolute atomic E-state index is 0.0688.